The van der Waals surface area contributed by atoms with E-state index in [4.69, 9.17) is 0 Å². The smallest absolute Gasteiger partial charge is 0.272 e. The fraction of sp³-hybridized carbons (Fsp3) is 0.0606. The van der Waals surface area contributed by atoms with Gasteiger partial charge in [0.15, 0.2) is 5.13 Å². The summed E-state index contributed by atoms with van der Waals surface area (Å²) < 4.78 is 0. The predicted molar refractivity (Wildman–Crippen MR) is 173 cm³/mol. The minimum atomic E-state index is -0.485. The topological polar surface area (TPSA) is 113 Å². The number of rotatable bonds is 10. The van der Waals surface area contributed by atoms with E-state index in [9.17, 15) is 14.4 Å². The Hall–Kier alpha value is -5.06. The first kappa shape index (κ1) is 29.4. The lowest BCUT2D eigenvalue weighted by Crippen LogP contribution is -2.30. The Labute approximate surface area is 257 Å². The molecule has 0 saturated heterocycles. The molecular formula is C33H27N5O3S2. The lowest BCUT2D eigenvalue weighted by atomic mass is 10.1. The molecule has 2 heterocycles. The van der Waals surface area contributed by atoms with E-state index in [1.165, 1.54) is 28.7 Å². The molecule has 0 bridgehead atoms. The van der Waals surface area contributed by atoms with E-state index in [-0.39, 0.29) is 17.4 Å². The second-order valence-electron chi connectivity index (χ2n) is 9.38. The number of carbonyl (C=O) groups is 3. The van der Waals surface area contributed by atoms with Gasteiger partial charge in [-0.05, 0) is 61.0 Å². The summed E-state index contributed by atoms with van der Waals surface area (Å²) in [6.07, 6.45) is 4.80. The van der Waals surface area contributed by atoms with Crippen LogP contribution in [0.5, 0.6) is 0 Å². The Morgan fingerprint density at radius 1 is 0.884 bits per heavy atom. The van der Waals surface area contributed by atoms with Crippen molar-refractivity contribution in [3.05, 3.63) is 131 Å². The number of benzene rings is 3. The van der Waals surface area contributed by atoms with Crippen LogP contribution in [0.3, 0.4) is 0 Å². The lowest BCUT2D eigenvalue weighted by molar-refractivity contribution is -0.114. The number of thioether (sulfide) groups is 1. The Morgan fingerprint density at radius 2 is 1.65 bits per heavy atom. The van der Waals surface area contributed by atoms with E-state index in [0.29, 0.717) is 21.9 Å². The summed E-state index contributed by atoms with van der Waals surface area (Å²) in [5, 5.41) is 10.9. The molecule has 0 fully saturated rings. The summed E-state index contributed by atoms with van der Waals surface area (Å²) in [6, 6.07) is 27.4. The minimum absolute atomic E-state index is 0.0738. The van der Waals surface area contributed by atoms with E-state index < -0.39 is 11.8 Å². The van der Waals surface area contributed by atoms with E-state index in [1.807, 2.05) is 54.8 Å². The maximum atomic E-state index is 13.2. The highest BCUT2D eigenvalue weighted by molar-refractivity contribution is 8.00. The van der Waals surface area contributed by atoms with E-state index in [1.54, 1.807) is 67.0 Å². The maximum Gasteiger partial charge on any atom is 0.272 e. The highest BCUT2D eigenvalue weighted by atomic mass is 32.2. The molecular weight excluding hydrogens is 579 g/mol. The first-order valence-corrected chi connectivity index (χ1v) is 15.1. The average Bonchev–Trinajstić information content (AvgIpc) is 3.50. The van der Waals surface area contributed by atoms with Gasteiger partial charge in [-0.1, -0.05) is 54.1 Å². The Morgan fingerprint density at radius 3 is 2.37 bits per heavy atom. The fourth-order valence-corrected chi connectivity index (χ4v) is 5.33. The molecule has 0 aliphatic heterocycles. The molecule has 3 aromatic carbocycles. The van der Waals surface area contributed by atoms with E-state index in [0.717, 1.165) is 16.2 Å². The van der Waals surface area contributed by atoms with Gasteiger partial charge in [0, 0.05) is 39.5 Å². The van der Waals surface area contributed by atoms with Gasteiger partial charge in [-0.25, -0.2) is 4.98 Å². The zero-order valence-electron chi connectivity index (χ0n) is 23.1. The van der Waals surface area contributed by atoms with Gasteiger partial charge in [-0.3, -0.25) is 19.4 Å². The number of anilines is 2. The number of nitrogens with one attached hydrogen (secondary N) is 3. The Kier molecular flexibility index (Phi) is 9.73. The predicted octanol–water partition coefficient (Wildman–Crippen LogP) is 6.65. The van der Waals surface area contributed by atoms with Gasteiger partial charge in [0.1, 0.15) is 5.70 Å². The molecule has 3 amide bonds. The van der Waals surface area contributed by atoms with Crippen LogP contribution in [0.25, 0.3) is 17.3 Å². The molecule has 0 radical (unpaired) electrons. The molecule has 0 aliphatic rings. The molecule has 0 unspecified atom stereocenters. The molecule has 43 heavy (non-hydrogen) atoms. The SMILES string of the molecule is Cc1ccc(-c2csc(NC(=O)CSc3ccc(NC(=O)/C(=C/c4cccnc4)NC(=O)c4ccccc4)cc3)n2)cc1. The van der Waals surface area contributed by atoms with Crippen molar-refractivity contribution in [1.82, 2.24) is 15.3 Å². The maximum absolute atomic E-state index is 13.2. The van der Waals surface area contributed by atoms with Crippen molar-refractivity contribution >= 4 is 57.7 Å². The highest BCUT2D eigenvalue weighted by Crippen LogP contribution is 2.26. The van der Waals surface area contributed by atoms with Crippen LogP contribution in [-0.4, -0.2) is 33.4 Å². The molecule has 8 nitrogen and oxygen atoms in total. The van der Waals surface area contributed by atoms with Crippen LogP contribution in [0.4, 0.5) is 10.8 Å². The van der Waals surface area contributed by atoms with Crippen LogP contribution in [0.1, 0.15) is 21.5 Å². The number of hydrogen-bond donors (Lipinski definition) is 3. The summed E-state index contributed by atoms with van der Waals surface area (Å²) in [7, 11) is 0. The molecule has 5 aromatic rings. The number of nitrogens with zero attached hydrogens (tertiary/aromatic N) is 2. The van der Waals surface area contributed by atoms with Crippen LogP contribution in [0.2, 0.25) is 0 Å². The van der Waals surface area contributed by atoms with Crippen molar-refractivity contribution in [3.8, 4) is 11.3 Å². The van der Waals surface area contributed by atoms with Crippen LogP contribution in [0, 0.1) is 6.92 Å². The molecule has 2 aromatic heterocycles. The first-order valence-electron chi connectivity index (χ1n) is 13.3. The number of amides is 3. The quantitative estimate of drug-likeness (QED) is 0.121. The van der Waals surface area contributed by atoms with Crippen LogP contribution in [-0.2, 0) is 9.59 Å². The second kappa shape index (κ2) is 14.2. The standard InChI is InChI=1S/C33H27N5O3S2/c1-22-9-11-24(12-10-22)29-20-43-33(37-29)38-30(39)21-42-27-15-13-26(14-16-27)35-32(41)28(18-23-6-5-17-34-19-23)36-31(40)25-7-3-2-4-8-25/h2-20H,21H2,1H3,(H,35,41)(H,36,40)(H,37,38,39)/b28-18-. The molecule has 3 N–H and O–H groups in total. The minimum Gasteiger partial charge on any atom is -0.321 e. The summed E-state index contributed by atoms with van der Waals surface area (Å²) in [4.78, 5) is 48.0. The lowest BCUT2D eigenvalue weighted by Gasteiger charge is -2.12. The zero-order valence-corrected chi connectivity index (χ0v) is 24.7. The molecule has 10 heteroatoms. The number of aromatic nitrogens is 2. The number of aryl methyl sites for hydroxylation is 1. The summed E-state index contributed by atoms with van der Waals surface area (Å²) >= 11 is 2.76. The molecule has 0 aliphatic carbocycles. The summed E-state index contributed by atoms with van der Waals surface area (Å²) in [6.45, 7) is 2.03. The van der Waals surface area contributed by atoms with Gasteiger partial charge in [-0.2, -0.15) is 0 Å². The van der Waals surface area contributed by atoms with Crippen molar-refractivity contribution in [1.29, 1.82) is 0 Å². The van der Waals surface area contributed by atoms with Crippen LogP contribution >= 0.6 is 23.1 Å². The largest absolute Gasteiger partial charge is 0.321 e. The normalized spacial score (nSPS) is 11.0. The summed E-state index contributed by atoms with van der Waals surface area (Å²) in [5.74, 6) is -0.845. The van der Waals surface area contributed by atoms with Gasteiger partial charge in [0.05, 0.1) is 11.4 Å². The third-order valence-electron chi connectivity index (χ3n) is 6.10. The van der Waals surface area contributed by atoms with Gasteiger partial charge < -0.3 is 16.0 Å². The number of hydrogen-bond acceptors (Lipinski definition) is 7. The van der Waals surface area contributed by atoms with Gasteiger partial charge >= 0.3 is 0 Å². The molecule has 214 valence electrons. The van der Waals surface area contributed by atoms with Crippen molar-refractivity contribution in [2.75, 3.05) is 16.4 Å². The van der Waals surface area contributed by atoms with Gasteiger partial charge in [-0.15, -0.1) is 23.1 Å². The van der Waals surface area contributed by atoms with Gasteiger partial charge in [0.25, 0.3) is 11.8 Å². The zero-order chi connectivity index (χ0) is 30.0. The highest BCUT2D eigenvalue weighted by Gasteiger charge is 2.15. The number of thiazole rings is 1. The number of pyridine rings is 1. The van der Waals surface area contributed by atoms with Crippen molar-refractivity contribution < 1.29 is 14.4 Å². The third-order valence-corrected chi connectivity index (χ3v) is 7.87. The van der Waals surface area contributed by atoms with Gasteiger partial charge in [0.2, 0.25) is 5.91 Å². The van der Waals surface area contributed by atoms with E-state index in [2.05, 4.69) is 25.9 Å². The number of carbonyl (C=O) groups excluding carboxylic acids is 3. The van der Waals surface area contributed by atoms with Crippen molar-refractivity contribution in [2.45, 2.75) is 11.8 Å². The molecule has 0 spiro atoms. The monoisotopic (exact) mass is 605 g/mol. The first-order chi connectivity index (χ1) is 20.9. The molecule has 5 rings (SSSR count). The van der Waals surface area contributed by atoms with Crippen LogP contribution < -0.4 is 16.0 Å². The van der Waals surface area contributed by atoms with Crippen molar-refractivity contribution in [3.63, 3.8) is 0 Å². The van der Waals surface area contributed by atoms with E-state index >= 15 is 0 Å². The fourth-order valence-electron chi connectivity index (χ4n) is 3.90. The van der Waals surface area contributed by atoms with Crippen LogP contribution in [0.15, 0.2) is 119 Å². The summed E-state index contributed by atoms with van der Waals surface area (Å²) in [5.41, 5.74) is 4.70. The Bertz CT molecular complexity index is 1740. The average molecular weight is 606 g/mol. The Balaban J connectivity index is 1.17. The second-order valence-corrected chi connectivity index (χ2v) is 11.3. The molecule has 0 saturated carbocycles. The molecule has 0 atom stereocenters. The van der Waals surface area contributed by atoms with Crippen molar-refractivity contribution in [2.24, 2.45) is 0 Å². The third kappa shape index (κ3) is 8.48.